The highest BCUT2D eigenvalue weighted by Gasteiger charge is 2.29. The minimum Gasteiger partial charge on any atom is -0.444 e. The lowest BCUT2D eigenvalue weighted by Crippen LogP contribution is -2.35. The van der Waals surface area contributed by atoms with E-state index >= 15 is 0 Å². The van der Waals surface area contributed by atoms with Gasteiger partial charge in [-0.3, -0.25) is 0 Å². The number of amides is 1. The van der Waals surface area contributed by atoms with Crippen LogP contribution in [-0.2, 0) is 20.3 Å². The van der Waals surface area contributed by atoms with Crippen LogP contribution in [0.2, 0.25) is 0 Å². The molecular weight excluding hydrogens is 401 g/mol. The summed E-state index contributed by atoms with van der Waals surface area (Å²) >= 11 is 0. The normalized spacial score (nSPS) is 13.3. The zero-order chi connectivity index (χ0) is 21.8. The van der Waals surface area contributed by atoms with Crippen molar-refractivity contribution < 1.29 is 26.8 Å². The Bertz CT molecular complexity index is 951. The molecule has 29 heavy (non-hydrogen) atoms. The molecule has 2 aromatic rings. The Kier molecular flexibility index (Phi) is 6.99. The van der Waals surface area contributed by atoms with Gasteiger partial charge in [0, 0.05) is 0 Å². The largest absolute Gasteiger partial charge is 0.444 e. The highest BCUT2D eigenvalue weighted by Crippen LogP contribution is 2.24. The Morgan fingerprint density at radius 3 is 2.55 bits per heavy atom. The van der Waals surface area contributed by atoms with E-state index in [0.717, 1.165) is 6.07 Å². The molecule has 0 saturated carbocycles. The van der Waals surface area contributed by atoms with Gasteiger partial charge >= 0.3 is 11.3 Å². The third-order valence-corrected chi connectivity index (χ3v) is 5.04. The van der Waals surface area contributed by atoms with Gasteiger partial charge in [-0.05, 0) is 50.8 Å². The fraction of sp³-hybridized carbons (Fsp3) is 0.526. The lowest BCUT2D eigenvalue weighted by molar-refractivity contribution is 0.0487. The van der Waals surface area contributed by atoms with Gasteiger partial charge in [0.05, 0.1) is 5.75 Å². The number of nitrogens with one attached hydrogen (secondary N) is 1. The Morgan fingerprint density at radius 1 is 1.28 bits per heavy atom. The van der Waals surface area contributed by atoms with Crippen LogP contribution in [0.25, 0.3) is 0 Å². The fourth-order valence-electron chi connectivity index (χ4n) is 2.54. The Hall–Kier alpha value is -2.49. The van der Waals surface area contributed by atoms with Gasteiger partial charge in [-0.2, -0.15) is 0 Å². The molecule has 8 nitrogen and oxygen atoms in total. The first-order valence-corrected chi connectivity index (χ1v) is 10.8. The molecule has 2 rings (SSSR count). The van der Waals surface area contributed by atoms with E-state index < -0.39 is 44.4 Å². The lowest BCUT2D eigenvalue weighted by atomic mass is 10.0. The summed E-state index contributed by atoms with van der Waals surface area (Å²) in [4.78, 5) is 12.1. The van der Waals surface area contributed by atoms with Gasteiger partial charge in [-0.15, -0.1) is 5.10 Å². The van der Waals surface area contributed by atoms with Crippen LogP contribution in [0.1, 0.15) is 58.5 Å². The van der Waals surface area contributed by atoms with Crippen LogP contribution in [0.4, 0.5) is 9.18 Å². The molecule has 1 aromatic carbocycles. The van der Waals surface area contributed by atoms with E-state index in [9.17, 15) is 17.6 Å². The second kappa shape index (κ2) is 8.89. The van der Waals surface area contributed by atoms with Gasteiger partial charge in [0.25, 0.3) is 0 Å². The van der Waals surface area contributed by atoms with Crippen molar-refractivity contribution in [1.29, 1.82) is 0 Å². The van der Waals surface area contributed by atoms with Crippen molar-refractivity contribution in [2.75, 3.05) is 0 Å². The maximum atomic E-state index is 13.3. The van der Waals surface area contributed by atoms with E-state index in [1.165, 1.54) is 18.2 Å². The van der Waals surface area contributed by atoms with Gasteiger partial charge in [-0.25, -0.2) is 17.6 Å². The molecule has 0 saturated heterocycles. The van der Waals surface area contributed by atoms with Gasteiger partial charge in [0.2, 0.25) is 15.7 Å². The smallest absolute Gasteiger partial charge is 0.408 e. The third-order valence-electron chi connectivity index (χ3n) is 3.63. The highest BCUT2D eigenvalue weighted by molar-refractivity contribution is 7.90. The zero-order valence-electron chi connectivity index (χ0n) is 17.1. The van der Waals surface area contributed by atoms with Crippen molar-refractivity contribution in [3.05, 3.63) is 41.5 Å². The number of carbonyl (C=O) groups excluding carboxylic acids is 1. The predicted octanol–water partition coefficient (Wildman–Crippen LogP) is 3.79. The molecule has 1 N–H and O–H groups in total. The number of benzene rings is 1. The molecule has 0 aliphatic carbocycles. The van der Waals surface area contributed by atoms with E-state index in [4.69, 9.17) is 9.15 Å². The van der Waals surface area contributed by atoms with E-state index in [0.29, 0.717) is 6.42 Å². The number of alkyl carbamates (subject to hydrolysis) is 1. The molecule has 0 spiro atoms. The van der Waals surface area contributed by atoms with Crippen LogP contribution in [-0.4, -0.2) is 30.3 Å². The molecule has 1 heterocycles. The Morgan fingerprint density at radius 2 is 1.97 bits per heavy atom. The summed E-state index contributed by atoms with van der Waals surface area (Å²) in [5.74, 6) is -0.917. The number of hydrogen-bond acceptors (Lipinski definition) is 7. The van der Waals surface area contributed by atoms with Crippen molar-refractivity contribution >= 4 is 15.9 Å². The van der Waals surface area contributed by atoms with Gasteiger partial charge < -0.3 is 14.5 Å². The van der Waals surface area contributed by atoms with Crippen molar-refractivity contribution in [1.82, 2.24) is 15.5 Å². The second-order valence-electron chi connectivity index (χ2n) is 8.12. The van der Waals surface area contributed by atoms with Crippen molar-refractivity contribution in [2.24, 2.45) is 5.92 Å². The monoisotopic (exact) mass is 427 g/mol. The van der Waals surface area contributed by atoms with Crippen molar-refractivity contribution in [3.63, 3.8) is 0 Å². The summed E-state index contributed by atoms with van der Waals surface area (Å²) in [6, 6.07) is 4.54. The molecule has 1 aromatic heterocycles. The van der Waals surface area contributed by atoms with Crippen molar-refractivity contribution in [3.8, 4) is 0 Å². The first kappa shape index (κ1) is 22.8. The quantitative estimate of drug-likeness (QED) is 0.715. The maximum absolute atomic E-state index is 13.3. The molecule has 0 radical (unpaired) electrons. The van der Waals surface area contributed by atoms with Gasteiger partial charge in [0.1, 0.15) is 17.5 Å². The summed E-state index contributed by atoms with van der Waals surface area (Å²) in [7, 11) is -3.98. The number of aromatic nitrogens is 2. The molecule has 0 aliphatic rings. The van der Waals surface area contributed by atoms with Crippen molar-refractivity contribution in [2.45, 2.75) is 63.7 Å². The standard InChI is InChI=1S/C19H26FN3O5S/c1-12(2)9-15(21-17(24)28-19(3,4)5)16-22-23-18(27-16)29(25,26)11-13-7-6-8-14(20)10-13/h6-8,10,12,15H,9,11H2,1-5H3,(H,21,24)/t15-/m1/s1. The Balaban J connectivity index is 2.21. The minimum atomic E-state index is -3.98. The molecule has 160 valence electrons. The zero-order valence-corrected chi connectivity index (χ0v) is 17.9. The molecule has 0 bridgehead atoms. The number of rotatable bonds is 7. The molecule has 0 fully saturated rings. The van der Waals surface area contributed by atoms with Crippen LogP contribution >= 0.6 is 0 Å². The van der Waals surface area contributed by atoms with Crippen LogP contribution in [0.5, 0.6) is 0 Å². The lowest BCUT2D eigenvalue weighted by Gasteiger charge is -2.22. The van der Waals surface area contributed by atoms with Crippen LogP contribution < -0.4 is 5.32 Å². The molecule has 1 atom stereocenters. The maximum Gasteiger partial charge on any atom is 0.408 e. The topological polar surface area (TPSA) is 111 Å². The first-order chi connectivity index (χ1) is 13.4. The predicted molar refractivity (Wildman–Crippen MR) is 103 cm³/mol. The van der Waals surface area contributed by atoms with Gasteiger partial charge in [0.15, 0.2) is 0 Å². The average molecular weight is 427 g/mol. The molecule has 10 heteroatoms. The van der Waals surface area contributed by atoms with Crippen LogP contribution in [0.15, 0.2) is 33.9 Å². The summed E-state index contributed by atoms with van der Waals surface area (Å²) in [6.07, 6.45) is -0.240. The second-order valence-corrected chi connectivity index (χ2v) is 9.99. The SMILES string of the molecule is CC(C)C[C@@H](NC(=O)OC(C)(C)C)c1nnc(S(=O)(=O)Cc2cccc(F)c2)o1. The molecule has 0 unspecified atom stereocenters. The number of hydrogen-bond donors (Lipinski definition) is 1. The van der Waals surface area contributed by atoms with E-state index in [-0.39, 0.29) is 17.4 Å². The van der Waals surface area contributed by atoms with Crippen LogP contribution in [0.3, 0.4) is 0 Å². The summed E-state index contributed by atoms with van der Waals surface area (Å²) in [5, 5.41) is 9.49. The van der Waals surface area contributed by atoms with E-state index in [1.807, 2.05) is 13.8 Å². The first-order valence-electron chi connectivity index (χ1n) is 9.16. The summed E-state index contributed by atoms with van der Waals surface area (Å²) in [6.45, 7) is 9.05. The Labute approximate surface area is 169 Å². The number of carbonyl (C=O) groups is 1. The fourth-order valence-corrected chi connectivity index (χ4v) is 3.66. The van der Waals surface area contributed by atoms with E-state index in [2.05, 4.69) is 15.5 Å². The van der Waals surface area contributed by atoms with E-state index in [1.54, 1.807) is 20.8 Å². The number of nitrogens with zero attached hydrogens (tertiary/aromatic N) is 2. The molecule has 1 amide bonds. The third kappa shape index (κ3) is 7.12. The molecular formula is C19H26FN3O5S. The molecule has 0 aliphatic heterocycles. The summed E-state index contributed by atoms with van der Waals surface area (Å²) in [5.41, 5.74) is -0.434. The number of ether oxygens (including phenoxy) is 1. The number of sulfone groups is 1. The number of halogens is 1. The van der Waals surface area contributed by atoms with Gasteiger partial charge in [-0.1, -0.05) is 31.1 Å². The summed E-state index contributed by atoms with van der Waals surface area (Å²) < 4.78 is 49.0. The minimum absolute atomic E-state index is 0.0395. The highest BCUT2D eigenvalue weighted by atomic mass is 32.2. The van der Waals surface area contributed by atoms with Crippen LogP contribution in [0, 0.1) is 11.7 Å². The average Bonchev–Trinajstić information content (AvgIpc) is 3.02.